The van der Waals surface area contributed by atoms with Crippen LogP contribution in [0, 0.1) is 0 Å². The highest BCUT2D eigenvalue weighted by molar-refractivity contribution is 5.87. The smallest absolute Gasteiger partial charge is 0.329 e. The van der Waals surface area contributed by atoms with E-state index in [1.807, 2.05) is 0 Å². The third-order valence-corrected chi connectivity index (χ3v) is 3.33. The van der Waals surface area contributed by atoms with Crippen LogP contribution in [0.15, 0.2) is 24.3 Å². The Kier molecular flexibility index (Phi) is 5.13. The number of amides is 1. The molecule has 1 amide bonds. The zero-order chi connectivity index (χ0) is 15.3. The van der Waals surface area contributed by atoms with Crippen molar-refractivity contribution in [3.8, 4) is 5.75 Å². The molecule has 0 heterocycles. The summed E-state index contributed by atoms with van der Waals surface area (Å²) in [4.78, 5) is 24.9. The van der Waals surface area contributed by atoms with Crippen molar-refractivity contribution < 1.29 is 19.4 Å². The predicted octanol–water partition coefficient (Wildman–Crippen LogP) is 1.95. The molecule has 5 heteroatoms. The number of nitrogens with zero attached hydrogens (tertiary/aromatic N) is 1. The molecule has 0 radical (unpaired) electrons. The van der Waals surface area contributed by atoms with E-state index in [0.717, 1.165) is 11.3 Å². The van der Waals surface area contributed by atoms with Crippen molar-refractivity contribution in [1.29, 1.82) is 0 Å². The van der Waals surface area contributed by atoms with Gasteiger partial charge in [-0.25, -0.2) is 4.79 Å². The van der Waals surface area contributed by atoms with Crippen molar-refractivity contribution >= 4 is 11.9 Å². The second-order valence-electron chi connectivity index (χ2n) is 5.03. The van der Waals surface area contributed by atoms with Crippen molar-refractivity contribution in [2.45, 2.75) is 32.7 Å². The molecule has 0 unspecified atom stereocenters. The molecule has 5 nitrogen and oxygen atoms in total. The van der Waals surface area contributed by atoms with Gasteiger partial charge in [0.25, 0.3) is 0 Å². The van der Waals surface area contributed by atoms with E-state index in [2.05, 4.69) is 0 Å². The first-order chi connectivity index (χ1) is 9.32. The number of benzene rings is 1. The van der Waals surface area contributed by atoms with Crippen molar-refractivity contribution in [2.75, 3.05) is 13.7 Å². The van der Waals surface area contributed by atoms with Gasteiger partial charge in [0.2, 0.25) is 5.91 Å². The van der Waals surface area contributed by atoms with Crippen LogP contribution in [0.4, 0.5) is 0 Å². The van der Waals surface area contributed by atoms with Gasteiger partial charge in [-0.1, -0.05) is 12.1 Å². The minimum Gasteiger partial charge on any atom is -0.497 e. The molecule has 0 aliphatic carbocycles. The third-order valence-electron chi connectivity index (χ3n) is 3.33. The predicted molar refractivity (Wildman–Crippen MR) is 75.8 cm³/mol. The Morgan fingerprint density at radius 2 is 1.80 bits per heavy atom. The van der Waals surface area contributed by atoms with Crippen LogP contribution < -0.4 is 4.74 Å². The van der Waals surface area contributed by atoms with E-state index in [9.17, 15) is 14.7 Å². The Labute approximate surface area is 119 Å². The monoisotopic (exact) mass is 279 g/mol. The van der Waals surface area contributed by atoms with Crippen molar-refractivity contribution in [3.05, 3.63) is 29.8 Å². The Balaban J connectivity index is 2.84. The second-order valence-corrected chi connectivity index (χ2v) is 5.03. The SMILES string of the molecule is CCN(C(=O)Cc1ccc(OC)cc1)C(C)(C)C(=O)O. The molecule has 0 saturated heterocycles. The van der Waals surface area contributed by atoms with Crippen LogP contribution in [0.2, 0.25) is 0 Å². The lowest BCUT2D eigenvalue weighted by atomic mass is 10.0. The highest BCUT2D eigenvalue weighted by Gasteiger charge is 2.36. The number of ether oxygens (including phenoxy) is 1. The maximum atomic E-state index is 12.3. The average Bonchev–Trinajstić information content (AvgIpc) is 2.39. The van der Waals surface area contributed by atoms with E-state index in [1.165, 1.54) is 18.7 Å². The lowest BCUT2D eigenvalue weighted by Crippen LogP contribution is -2.53. The molecule has 1 aromatic carbocycles. The van der Waals surface area contributed by atoms with Gasteiger partial charge in [0.1, 0.15) is 11.3 Å². The van der Waals surface area contributed by atoms with Gasteiger partial charge in [0.15, 0.2) is 0 Å². The number of rotatable bonds is 6. The van der Waals surface area contributed by atoms with Gasteiger partial charge in [0, 0.05) is 6.54 Å². The normalized spacial score (nSPS) is 11.0. The fourth-order valence-electron chi connectivity index (χ4n) is 2.01. The quantitative estimate of drug-likeness (QED) is 0.864. The lowest BCUT2D eigenvalue weighted by molar-refractivity contribution is -0.156. The molecule has 0 saturated carbocycles. The summed E-state index contributed by atoms with van der Waals surface area (Å²) in [5.74, 6) is -0.494. The molecule has 0 aromatic heterocycles. The van der Waals surface area contributed by atoms with Gasteiger partial charge in [-0.05, 0) is 38.5 Å². The van der Waals surface area contributed by atoms with Crippen molar-refractivity contribution in [2.24, 2.45) is 0 Å². The summed E-state index contributed by atoms with van der Waals surface area (Å²) in [6.45, 7) is 5.19. The zero-order valence-corrected chi connectivity index (χ0v) is 12.3. The highest BCUT2D eigenvalue weighted by Crippen LogP contribution is 2.18. The lowest BCUT2D eigenvalue weighted by Gasteiger charge is -2.34. The summed E-state index contributed by atoms with van der Waals surface area (Å²) in [5.41, 5.74) is -0.381. The molecule has 0 atom stereocenters. The molecular weight excluding hydrogens is 258 g/mol. The van der Waals surface area contributed by atoms with Crippen LogP contribution in [-0.2, 0) is 16.0 Å². The largest absolute Gasteiger partial charge is 0.497 e. The van der Waals surface area contributed by atoms with Gasteiger partial charge in [0.05, 0.1) is 13.5 Å². The molecule has 0 bridgehead atoms. The number of likely N-dealkylation sites (N-methyl/N-ethyl adjacent to an activating group) is 1. The molecule has 1 rings (SSSR count). The summed E-state index contributed by atoms with van der Waals surface area (Å²) in [5, 5.41) is 9.22. The number of carbonyl (C=O) groups excluding carboxylic acids is 1. The van der Waals surface area contributed by atoms with Crippen LogP contribution in [0.1, 0.15) is 26.3 Å². The van der Waals surface area contributed by atoms with Gasteiger partial charge >= 0.3 is 5.97 Å². The fraction of sp³-hybridized carbons (Fsp3) is 0.467. The van der Waals surface area contributed by atoms with Crippen LogP contribution in [0.25, 0.3) is 0 Å². The molecule has 110 valence electrons. The minimum atomic E-state index is -1.21. The molecule has 0 aliphatic heterocycles. The Morgan fingerprint density at radius 3 is 2.20 bits per heavy atom. The van der Waals surface area contributed by atoms with E-state index in [1.54, 1.807) is 38.3 Å². The Morgan fingerprint density at radius 1 is 1.25 bits per heavy atom. The number of hydrogen-bond donors (Lipinski definition) is 1. The number of carboxylic acids is 1. The number of aliphatic carboxylic acids is 1. The molecule has 1 N–H and O–H groups in total. The maximum Gasteiger partial charge on any atom is 0.329 e. The van der Waals surface area contributed by atoms with Crippen LogP contribution in [0.3, 0.4) is 0 Å². The Bertz CT molecular complexity index is 479. The highest BCUT2D eigenvalue weighted by atomic mass is 16.5. The zero-order valence-electron chi connectivity index (χ0n) is 12.3. The minimum absolute atomic E-state index is 0.175. The van der Waals surface area contributed by atoms with Gasteiger partial charge < -0.3 is 14.7 Å². The van der Waals surface area contributed by atoms with E-state index in [4.69, 9.17) is 4.74 Å². The Hall–Kier alpha value is -2.04. The maximum absolute atomic E-state index is 12.3. The van der Waals surface area contributed by atoms with Crippen LogP contribution in [-0.4, -0.2) is 41.1 Å². The summed E-state index contributed by atoms with van der Waals surface area (Å²) in [6, 6.07) is 7.17. The molecule has 0 aliphatic rings. The van der Waals surface area contributed by atoms with Crippen molar-refractivity contribution in [1.82, 2.24) is 4.90 Å². The topological polar surface area (TPSA) is 66.8 Å². The van der Waals surface area contributed by atoms with E-state index in [-0.39, 0.29) is 12.3 Å². The molecular formula is C15H21NO4. The van der Waals surface area contributed by atoms with Gasteiger partial charge in [-0.2, -0.15) is 0 Å². The third kappa shape index (κ3) is 3.50. The number of carbonyl (C=O) groups is 2. The molecule has 0 fully saturated rings. The molecule has 20 heavy (non-hydrogen) atoms. The van der Waals surface area contributed by atoms with E-state index in [0.29, 0.717) is 6.54 Å². The van der Waals surface area contributed by atoms with Gasteiger partial charge in [-0.3, -0.25) is 4.79 Å². The van der Waals surface area contributed by atoms with Crippen LogP contribution >= 0.6 is 0 Å². The first-order valence-electron chi connectivity index (χ1n) is 6.49. The summed E-state index contributed by atoms with van der Waals surface area (Å²) in [6.07, 6.45) is 0.175. The fourth-order valence-corrected chi connectivity index (χ4v) is 2.01. The molecule has 1 aromatic rings. The van der Waals surface area contributed by atoms with E-state index < -0.39 is 11.5 Å². The number of carboxylic acid groups (broad SMARTS) is 1. The van der Waals surface area contributed by atoms with Crippen molar-refractivity contribution in [3.63, 3.8) is 0 Å². The first kappa shape index (κ1) is 16.0. The van der Waals surface area contributed by atoms with Gasteiger partial charge in [-0.15, -0.1) is 0 Å². The van der Waals surface area contributed by atoms with E-state index >= 15 is 0 Å². The number of methoxy groups -OCH3 is 1. The summed E-state index contributed by atoms with van der Waals surface area (Å²) in [7, 11) is 1.58. The van der Waals surface area contributed by atoms with Crippen LogP contribution in [0.5, 0.6) is 5.75 Å². The molecule has 0 spiro atoms. The second kappa shape index (κ2) is 6.41. The summed E-state index contributed by atoms with van der Waals surface area (Å²) >= 11 is 0. The standard InChI is InChI=1S/C15H21NO4/c1-5-16(15(2,3)14(18)19)13(17)10-11-6-8-12(20-4)9-7-11/h6-9H,5,10H2,1-4H3,(H,18,19). The average molecular weight is 279 g/mol. The number of hydrogen-bond acceptors (Lipinski definition) is 3. The summed E-state index contributed by atoms with van der Waals surface area (Å²) < 4.78 is 5.06. The first-order valence-corrected chi connectivity index (χ1v) is 6.49.